The molecule has 0 bridgehead atoms. The summed E-state index contributed by atoms with van der Waals surface area (Å²) in [5, 5.41) is 2.61. The second-order valence-electron chi connectivity index (χ2n) is 3.14. The molecule has 0 aliphatic carbocycles. The van der Waals surface area contributed by atoms with Crippen molar-refractivity contribution < 1.29 is 9.18 Å². The molecular weight excluding hydrogens is 195 g/mol. The standard InChI is InChI=1S/C11H13FN2O/c1-8-11(12)6-5-10(14-8)4-3-7-13-9(2)15/h3-6H,7H2,1-2H3,(H,13,15). The van der Waals surface area contributed by atoms with Gasteiger partial charge in [0.15, 0.2) is 0 Å². The molecule has 1 heterocycles. The maximum absolute atomic E-state index is 12.8. The van der Waals surface area contributed by atoms with Gasteiger partial charge in [-0.2, -0.15) is 0 Å². The molecule has 1 rings (SSSR count). The van der Waals surface area contributed by atoms with Crippen molar-refractivity contribution in [2.45, 2.75) is 13.8 Å². The van der Waals surface area contributed by atoms with Gasteiger partial charge >= 0.3 is 0 Å². The fourth-order valence-electron chi connectivity index (χ4n) is 1.04. The zero-order chi connectivity index (χ0) is 11.3. The Morgan fingerprint density at radius 2 is 2.33 bits per heavy atom. The van der Waals surface area contributed by atoms with E-state index < -0.39 is 0 Å². The highest BCUT2D eigenvalue weighted by Gasteiger charge is 1.97. The van der Waals surface area contributed by atoms with Crippen molar-refractivity contribution >= 4 is 12.0 Å². The number of carbonyl (C=O) groups is 1. The van der Waals surface area contributed by atoms with Gasteiger partial charge in [-0.1, -0.05) is 6.08 Å². The first-order chi connectivity index (χ1) is 7.09. The van der Waals surface area contributed by atoms with E-state index in [2.05, 4.69) is 10.3 Å². The van der Waals surface area contributed by atoms with Crippen LogP contribution in [0, 0.1) is 12.7 Å². The van der Waals surface area contributed by atoms with Crippen molar-refractivity contribution in [1.29, 1.82) is 0 Å². The molecule has 4 heteroatoms. The zero-order valence-corrected chi connectivity index (χ0v) is 8.75. The molecule has 0 spiro atoms. The summed E-state index contributed by atoms with van der Waals surface area (Å²) in [6.07, 6.45) is 3.50. The maximum atomic E-state index is 12.8. The molecule has 0 unspecified atom stereocenters. The van der Waals surface area contributed by atoms with Gasteiger partial charge in [-0.15, -0.1) is 0 Å². The molecule has 0 aliphatic heterocycles. The van der Waals surface area contributed by atoms with Crippen molar-refractivity contribution in [3.05, 3.63) is 35.4 Å². The Balaban J connectivity index is 2.57. The minimum absolute atomic E-state index is 0.0807. The predicted molar refractivity (Wildman–Crippen MR) is 56.6 cm³/mol. The first kappa shape index (κ1) is 11.4. The minimum Gasteiger partial charge on any atom is -0.353 e. The van der Waals surface area contributed by atoms with Crippen molar-refractivity contribution in [3.8, 4) is 0 Å². The van der Waals surface area contributed by atoms with Crippen molar-refractivity contribution in [2.75, 3.05) is 6.54 Å². The van der Waals surface area contributed by atoms with Crippen LogP contribution < -0.4 is 5.32 Å². The van der Waals surface area contributed by atoms with Crippen LogP contribution in [0.25, 0.3) is 6.08 Å². The van der Waals surface area contributed by atoms with E-state index in [0.717, 1.165) is 0 Å². The third-order valence-electron chi connectivity index (χ3n) is 1.80. The Hall–Kier alpha value is -1.71. The van der Waals surface area contributed by atoms with Crippen molar-refractivity contribution in [2.24, 2.45) is 0 Å². The van der Waals surface area contributed by atoms with Crippen LogP contribution in [0.15, 0.2) is 18.2 Å². The molecule has 0 radical (unpaired) electrons. The van der Waals surface area contributed by atoms with Crippen LogP contribution in [0.2, 0.25) is 0 Å². The van der Waals surface area contributed by atoms with Gasteiger partial charge in [0, 0.05) is 13.5 Å². The van der Waals surface area contributed by atoms with Gasteiger partial charge in [-0.05, 0) is 25.1 Å². The van der Waals surface area contributed by atoms with Gasteiger partial charge in [0.2, 0.25) is 5.91 Å². The number of aromatic nitrogens is 1. The van der Waals surface area contributed by atoms with Crippen LogP contribution >= 0.6 is 0 Å². The number of nitrogens with zero attached hydrogens (tertiary/aromatic N) is 1. The lowest BCUT2D eigenvalue weighted by Gasteiger charge is -1.98. The van der Waals surface area contributed by atoms with Crippen LogP contribution in [0.4, 0.5) is 4.39 Å². The molecule has 1 amide bonds. The SMILES string of the molecule is CC(=O)NCC=Cc1ccc(F)c(C)n1. The van der Waals surface area contributed by atoms with Gasteiger partial charge in [0.25, 0.3) is 0 Å². The number of pyridine rings is 1. The molecule has 1 aromatic heterocycles. The average molecular weight is 208 g/mol. The first-order valence-corrected chi connectivity index (χ1v) is 4.63. The molecule has 80 valence electrons. The summed E-state index contributed by atoms with van der Waals surface area (Å²) in [7, 11) is 0. The smallest absolute Gasteiger partial charge is 0.217 e. The Bertz CT molecular complexity index is 388. The van der Waals surface area contributed by atoms with E-state index in [9.17, 15) is 9.18 Å². The summed E-state index contributed by atoms with van der Waals surface area (Å²) in [6.45, 7) is 3.52. The summed E-state index contributed by atoms with van der Waals surface area (Å²) in [5.74, 6) is -0.392. The number of hydrogen-bond donors (Lipinski definition) is 1. The molecule has 1 aromatic rings. The molecule has 1 N–H and O–H groups in total. The number of amides is 1. The third-order valence-corrected chi connectivity index (χ3v) is 1.80. The number of aryl methyl sites for hydroxylation is 1. The Labute approximate surface area is 88.0 Å². The van der Waals surface area contributed by atoms with Gasteiger partial charge in [-0.3, -0.25) is 9.78 Å². The molecule has 0 fully saturated rings. The van der Waals surface area contributed by atoms with E-state index >= 15 is 0 Å². The van der Waals surface area contributed by atoms with E-state index in [4.69, 9.17) is 0 Å². The van der Waals surface area contributed by atoms with E-state index in [1.807, 2.05) is 0 Å². The molecule has 0 saturated heterocycles. The van der Waals surface area contributed by atoms with Crippen LogP contribution in [0.5, 0.6) is 0 Å². The number of rotatable bonds is 3. The molecule has 15 heavy (non-hydrogen) atoms. The van der Waals surface area contributed by atoms with Gasteiger partial charge < -0.3 is 5.32 Å². The number of halogens is 1. The summed E-state index contributed by atoms with van der Waals surface area (Å²) in [4.78, 5) is 14.6. The van der Waals surface area contributed by atoms with Gasteiger partial charge in [-0.25, -0.2) is 4.39 Å². The Morgan fingerprint density at radius 1 is 1.60 bits per heavy atom. The third kappa shape index (κ3) is 3.89. The molecule has 0 saturated carbocycles. The van der Waals surface area contributed by atoms with E-state index in [1.165, 1.54) is 13.0 Å². The fraction of sp³-hybridized carbons (Fsp3) is 0.273. The van der Waals surface area contributed by atoms with Gasteiger partial charge in [0.05, 0.1) is 11.4 Å². The van der Waals surface area contributed by atoms with Crippen LogP contribution in [-0.4, -0.2) is 17.4 Å². The van der Waals surface area contributed by atoms with Crippen LogP contribution in [0.1, 0.15) is 18.3 Å². The molecule has 0 aromatic carbocycles. The Morgan fingerprint density at radius 3 is 2.93 bits per heavy atom. The molecular formula is C11H13FN2O. The highest BCUT2D eigenvalue weighted by molar-refractivity contribution is 5.73. The predicted octanol–water partition coefficient (Wildman–Crippen LogP) is 1.68. The second-order valence-corrected chi connectivity index (χ2v) is 3.14. The quantitative estimate of drug-likeness (QED) is 0.821. The lowest BCUT2D eigenvalue weighted by atomic mass is 10.3. The van der Waals surface area contributed by atoms with Crippen LogP contribution in [-0.2, 0) is 4.79 Å². The summed E-state index contributed by atoms with van der Waals surface area (Å²) >= 11 is 0. The van der Waals surface area contributed by atoms with Gasteiger partial charge in [0.1, 0.15) is 5.82 Å². The zero-order valence-electron chi connectivity index (χ0n) is 8.75. The lowest BCUT2D eigenvalue weighted by molar-refractivity contribution is -0.118. The normalized spacial score (nSPS) is 10.6. The number of nitrogens with one attached hydrogen (secondary N) is 1. The Kier molecular flexibility index (Phi) is 3.97. The lowest BCUT2D eigenvalue weighted by Crippen LogP contribution is -2.19. The first-order valence-electron chi connectivity index (χ1n) is 4.63. The average Bonchev–Trinajstić information content (AvgIpc) is 2.18. The van der Waals surface area contributed by atoms with Crippen LogP contribution in [0.3, 0.4) is 0 Å². The molecule has 0 aliphatic rings. The van der Waals surface area contributed by atoms with E-state index in [0.29, 0.717) is 17.9 Å². The number of carbonyl (C=O) groups excluding carboxylic acids is 1. The summed E-state index contributed by atoms with van der Waals surface area (Å²) < 4.78 is 12.8. The second kappa shape index (κ2) is 5.24. The minimum atomic E-state index is -0.311. The molecule has 0 atom stereocenters. The monoisotopic (exact) mass is 208 g/mol. The maximum Gasteiger partial charge on any atom is 0.217 e. The fourth-order valence-corrected chi connectivity index (χ4v) is 1.04. The van der Waals surface area contributed by atoms with E-state index in [-0.39, 0.29) is 11.7 Å². The molecule has 3 nitrogen and oxygen atoms in total. The van der Waals surface area contributed by atoms with Crippen molar-refractivity contribution in [1.82, 2.24) is 10.3 Å². The summed E-state index contributed by atoms with van der Waals surface area (Å²) in [5.41, 5.74) is 1.05. The highest BCUT2D eigenvalue weighted by Crippen LogP contribution is 2.05. The highest BCUT2D eigenvalue weighted by atomic mass is 19.1. The van der Waals surface area contributed by atoms with E-state index in [1.54, 1.807) is 25.1 Å². The topological polar surface area (TPSA) is 42.0 Å². The summed E-state index contributed by atoms with van der Waals surface area (Å²) in [6, 6.07) is 2.97. The van der Waals surface area contributed by atoms with Crippen molar-refractivity contribution in [3.63, 3.8) is 0 Å². The largest absolute Gasteiger partial charge is 0.353 e. The number of hydrogen-bond acceptors (Lipinski definition) is 2.